The fourth-order valence-electron chi connectivity index (χ4n) is 4.06. The van der Waals surface area contributed by atoms with Gasteiger partial charge >= 0.3 is 0 Å². The summed E-state index contributed by atoms with van der Waals surface area (Å²) in [6.45, 7) is 15.1. The molecular formula is C17H31N3O. The molecule has 0 aromatic heterocycles. The topological polar surface area (TPSA) is 39.5 Å². The molecule has 0 aromatic rings. The third-order valence-corrected chi connectivity index (χ3v) is 4.97. The Balaban J connectivity index is 1.94. The fraction of sp³-hybridized carbons (Fsp3) is 0.941. The van der Waals surface area contributed by atoms with Crippen LogP contribution in [0.3, 0.4) is 0 Å². The Morgan fingerprint density at radius 2 is 1.81 bits per heavy atom. The lowest BCUT2D eigenvalue weighted by molar-refractivity contribution is -0.0839. The maximum absolute atomic E-state index is 9.31. The van der Waals surface area contributed by atoms with Crippen LogP contribution in [0.2, 0.25) is 0 Å². The predicted molar refractivity (Wildman–Crippen MR) is 85.1 cm³/mol. The SMILES string of the molecule is CCCC(C#N)N1CCN(C2CC(C)(C)OC2(C)C)CC1. The summed E-state index contributed by atoms with van der Waals surface area (Å²) in [5, 5.41) is 9.31. The molecule has 2 aliphatic heterocycles. The first-order valence-corrected chi connectivity index (χ1v) is 8.37. The predicted octanol–water partition coefficient (Wildman–Crippen LogP) is 2.64. The molecule has 21 heavy (non-hydrogen) atoms. The van der Waals surface area contributed by atoms with Crippen molar-refractivity contribution in [3.8, 4) is 6.07 Å². The van der Waals surface area contributed by atoms with E-state index in [1.807, 2.05) is 0 Å². The molecule has 0 aromatic carbocycles. The minimum atomic E-state index is -0.0796. The summed E-state index contributed by atoms with van der Waals surface area (Å²) in [4.78, 5) is 4.93. The number of ether oxygens (including phenoxy) is 1. The molecule has 0 aliphatic carbocycles. The summed E-state index contributed by atoms with van der Waals surface area (Å²) in [6, 6.07) is 3.06. The van der Waals surface area contributed by atoms with Crippen LogP contribution in [-0.4, -0.2) is 59.3 Å². The van der Waals surface area contributed by atoms with Gasteiger partial charge in [-0.25, -0.2) is 0 Å². The van der Waals surface area contributed by atoms with Crippen LogP contribution in [0.5, 0.6) is 0 Å². The zero-order valence-corrected chi connectivity index (χ0v) is 14.4. The zero-order valence-electron chi connectivity index (χ0n) is 14.4. The van der Waals surface area contributed by atoms with E-state index in [0.717, 1.165) is 45.4 Å². The largest absolute Gasteiger partial charge is 0.368 e. The van der Waals surface area contributed by atoms with Crippen LogP contribution in [0.15, 0.2) is 0 Å². The molecule has 2 rings (SSSR count). The van der Waals surface area contributed by atoms with Gasteiger partial charge in [-0.3, -0.25) is 9.80 Å². The van der Waals surface area contributed by atoms with E-state index in [9.17, 15) is 5.26 Å². The first-order valence-electron chi connectivity index (χ1n) is 8.37. The zero-order chi connectivity index (χ0) is 15.7. The van der Waals surface area contributed by atoms with Gasteiger partial charge in [0.25, 0.3) is 0 Å². The molecule has 4 nitrogen and oxygen atoms in total. The summed E-state index contributed by atoms with van der Waals surface area (Å²) in [5.74, 6) is 0. The highest BCUT2D eigenvalue weighted by Gasteiger charge is 2.48. The first-order chi connectivity index (χ1) is 9.79. The summed E-state index contributed by atoms with van der Waals surface area (Å²) in [5.41, 5.74) is -0.105. The number of piperazine rings is 1. The van der Waals surface area contributed by atoms with Crippen molar-refractivity contribution in [2.75, 3.05) is 26.2 Å². The average Bonchev–Trinajstić information content (AvgIpc) is 2.64. The quantitative estimate of drug-likeness (QED) is 0.799. The van der Waals surface area contributed by atoms with Crippen molar-refractivity contribution in [2.45, 2.75) is 77.2 Å². The molecule has 0 spiro atoms. The lowest BCUT2D eigenvalue weighted by Gasteiger charge is -2.42. The van der Waals surface area contributed by atoms with Gasteiger partial charge in [-0.1, -0.05) is 13.3 Å². The summed E-state index contributed by atoms with van der Waals surface area (Å²) >= 11 is 0. The van der Waals surface area contributed by atoms with E-state index in [-0.39, 0.29) is 17.2 Å². The van der Waals surface area contributed by atoms with E-state index in [0.29, 0.717) is 6.04 Å². The highest BCUT2D eigenvalue weighted by molar-refractivity contribution is 5.02. The first kappa shape index (κ1) is 16.7. The van der Waals surface area contributed by atoms with Crippen LogP contribution in [0.25, 0.3) is 0 Å². The second-order valence-corrected chi connectivity index (χ2v) is 7.69. The van der Waals surface area contributed by atoms with E-state index in [1.54, 1.807) is 0 Å². The van der Waals surface area contributed by atoms with Gasteiger partial charge in [-0.05, 0) is 40.5 Å². The second-order valence-electron chi connectivity index (χ2n) is 7.69. The minimum absolute atomic E-state index is 0.0251. The molecule has 0 amide bonds. The molecule has 2 unspecified atom stereocenters. The third-order valence-electron chi connectivity index (χ3n) is 4.97. The van der Waals surface area contributed by atoms with E-state index >= 15 is 0 Å². The maximum atomic E-state index is 9.31. The molecule has 0 saturated carbocycles. The minimum Gasteiger partial charge on any atom is -0.368 e. The molecule has 4 heteroatoms. The molecule has 0 N–H and O–H groups in total. The molecule has 0 radical (unpaired) electrons. The van der Waals surface area contributed by atoms with Gasteiger partial charge in [0.15, 0.2) is 0 Å². The van der Waals surface area contributed by atoms with Crippen LogP contribution in [-0.2, 0) is 4.74 Å². The van der Waals surface area contributed by atoms with Crippen molar-refractivity contribution in [3.05, 3.63) is 0 Å². The molecule has 120 valence electrons. The van der Waals surface area contributed by atoms with Gasteiger partial charge in [-0.2, -0.15) is 5.26 Å². The van der Waals surface area contributed by atoms with Gasteiger partial charge in [0.1, 0.15) is 0 Å². The molecule has 2 atom stereocenters. The molecule has 0 bridgehead atoms. The number of nitriles is 1. The highest BCUT2D eigenvalue weighted by atomic mass is 16.5. The van der Waals surface area contributed by atoms with Crippen LogP contribution < -0.4 is 0 Å². The number of rotatable bonds is 4. The van der Waals surface area contributed by atoms with E-state index in [1.165, 1.54) is 0 Å². The second kappa shape index (κ2) is 6.24. The van der Waals surface area contributed by atoms with Gasteiger partial charge in [0.05, 0.1) is 23.3 Å². The van der Waals surface area contributed by atoms with E-state index < -0.39 is 0 Å². The Labute approximate surface area is 130 Å². The van der Waals surface area contributed by atoms with Gasteiger partial charge in [0, 0.05) is 32.2 Å². The Kier molecular flexibility index (Phi) is 4.97. The molecule has 2 aliphatic rings. The Hall–Kier alpha value is -0.630. The fourth-order valence-corrected chi connectivity index (χ4v) is 4.06. The Morgan fingerprint density at radius 3 is 2.24 bits per heavy atom. The van der Waals surface area contributed by atoms with Crippen LogP contribution >= 0.6 is 0 Å². The number of hydrogen-bond acceptors (Lipinski definition) is 4. The van der Waals surface area contributed by atoms with Gasteiger partial charge in [-0.15, -0.1) is 0 Å². The van der Waals surface area contributed by atoms with Crippen molar-refractivity contribution in [3.63, 3.8) is 0 Å². The Bertz CT molecular complexity index is 391. The molecule has 2 saturated heterocycles. The van der Waals surface area contributed by atoms with Crippen molar-refractivity contribution in [1.29, 1.82) is 5.26 Å². The van der Waals surface area contributed by atoms with E-state index in [4.69, 9.17) is 4.74 Å². The van der Waals surface area contributed by atoms with Crippen LogP contribution in [0.4, 0.5) is 0 Å². The van der Waals surface area contributed by atoms with E-state index in [2.05, 4.69) is 50.5 Å². The average molecular weight is 293 g/mol. The number of nitrogens with zero attached hydrogens (tertiary/aromatic N) is 3. The lowest BCUT2D eigenvalue weighted by atomic mass is 9.92. The number of hydrogen-bond donors (Lipinski definition) is 0. The maximum Gasteiger partial charge on any atom is 0.0978 e. The summed E-state index contributed by atoms with van der Waals surface area (Å²) < 4.78 is 6.23. The summed E-state index contributed by atoms with van der Waals surface area (Å²) in [6.07, 6.45) is 3.16. The molecular weight excluding hydrogens is 262 g/mol. The van der Waals surface area contributed by atoms with Crippen molar-refractivity contribution in [2.24, 2.45) is 0 Å². The monoisotopic (exact) mass is 293 g/mol. The van der Waals surface area contributed by atoms with Gasteiger partial charge < -0.3 is 4.74 Å². The summed E-state index contributed by atoms with van der Waals surface area (Å²) in [7, 11) is 0. The molecule has 2 heterocycles. The van der Waals surface area contributed by atoms with Crippen molar-refractivity contribution in [1.82, 2.24) is 9.80 Å². The van der Waals surface area contributed by atoms with Crippen molar-refractivity contribution < 1.29 is 4.74 Å². The van der Waals surface area contributed by atoms with Crippen LogP contribution in [0.1, 0.15) is 53.9 Å². The smallest absolute Gasteiger partial charge is 0.0978 e. The normalized spacial score (nSPS) is 31.0. The highest BCUT2D eigenvalue weighted by Crippen LogP contribution is 2.40. The third kappa shape index (κ3) is 3.77. The van der Waals surface area contributed by atoms with Crippen LogP contribution in [0, 0.1) is 11.3 Å². The lowest BCUT2D eigenvalue weighted by Crippen LogP contribution is -2.56. The van der Waals surface area contributed by atoms with Crippen molar-refractivity contribution >= 4 is 0 Å². The standard InChI is InChI=1S/C17H31N3O/c1-6-7-14(13-18)19-8-10-20(11-9-19)15-12-16(2,3)21-17(15,4)5/h14-15H,6-12H2,1-5H3. The molecule has 2 fully saturated rings. The Morgan fingerprint density at radius 1 is 1.19 bits per heavy atom. The van der Waals surface area contributed by atoms with Gasteiger partial charge in [0.2, 0.25) is 0 Å².